The van der Waals surface area contributed by atoms with Crippen LogP contribution in [0.3, 0.4) is 0 Å². The number of carbonyl (C=O) groups excluding carboxylic acids is 1. The van der Waals surface area contributed by atoms with Crippen molar-refractivity contribution in [3.8, 4) is 0 Å². The molecule has 1 saturated heterocycles. The van der Waals surface area contributed by atoms with Gasteiger partial charge in [0.25, 0.3) is 0 Å². The number of hydrogen-bond donors (Lipinski definition) is 2. The summed E-state index contributed by atoms with van der Waals surface area (Å²) in [7, 11) is 0. The molecule has 4 heteroatoms. The van der Waals surface area contributed by atoms with Gasteiger partial charge in [-0.2, -0.15) is 0 Å². The van der Waals surface area contributed by atoms with E-state index in [0.29, 0.717) is 6.54 Å². The Bertz CT molecular complexity index is 198. The number of rotatable bonds is 1. The van der Waals surface area contributed by atoms with E-state index in [0.717, 1.165) is 19.4 Å². The molecule has 0 aromatic carbocycles. The maximum Gasteiger partial charge on any atom is 0.242 e. The monoisotopic (exact) mass is 185 g/mol. The van der Waals surface area contributed by atoms with Gasteiger partial charge in [0.05, 0.1) is 5.54 Å². The molecule has 0 radical (unpaired) electrons. The molecule has 4 nitrogen and oxygen atoms in total. The van der Waals surface area contributed by atoms with Crippen LogP contribution in [0.4, 0.5) is 0 Å². The molecule has 0 saturated carbocycles. The van der Waals surface area contributed by atoms with Crippen LogP contribution in [0.5, 0.6) is 0 Å². The average Bonchev–Trinajstić information content (AvgIpc) is 2.01. The number of carbonyl (C=O) groups is 1. The zero-order valence-electron chi connectivity index (χ0n) is 8.42. The molecule has 0 aromatic heterocycles. The molecule has 13 heavy (non-hydrogen) atoms. The van der Waals surface area contributed by atoms with Crippen molar-refractivity contribution in [2.45, 2.75) is 38.3 Å². The highest BCUT2D eigenvalue weighted by molar-refractivity contribution is 5.85. The fourth-order valence-electron chi connectivity index (χ4n) is 1.60. The molecular formula is C9H19N3O. The van der Waals surface area contributed by atoms with Crippen molar-refractivity contribution in [2.24, 2.45) is 11.5 Å². The Morgan fingerprint density at radius 2 is 2.15 bits per heavy atom. The van der Waals surface area contributed by atoms with Crippen LogP contribution in [0.15, 0.2) is 0 Å². The van der Waals surface area contributed by atoms with Gasteiger partial charge in [-0.05, 0) is 26.7 Å². The fourth-order valence-corrected chi connectivity index (χ4v) is 1.60. The summed E-state index contributed by atoms with van der Waals surface area (Å²) >= 11 is 0. The third-order valence-corrected chi connectivity index (χ3v) is 2.30. The van der Waals surface area contributed by atoms with Crippen molar-refractivity contribution >= 4 is 5.91 Å². The Labute approximate surface area is 79.3 Å². The van der Waals surface area contributed by atoms with Crippen LogP contribution < -0.4 is 11.5 Å². The van der Waals surface area contributed by atoms with E-state index in [1.165, 1.54) is 0 Å². The van der Waals surface area contributed by atoms with E-state index < -0.39 is 5.54 Å². The Morgan fingerprint density at radius 1 is 1.54 bits per heavy atom. The van der Waals surface area contributed by atoms with Crippen LogP contribution in [0.2, 0.25) is 0 Å². The van der Waals surface area contributed by atoms with Gasteiger partial charge in [-0.15, -0.1) is 0 Å². The summed E-state index contributed by atoms with van der Waals surface area (Å²) in [6, 6.07) is 0.125. The van der Waals surface area contributed by atoms with E-state index in [1.54, 1.807) is 18.7 Å². The van der Waals surface area contributed by atoms with Gasteiger partial charge in [-0.3, -0.25) is 4.79 Å². The molecule has 0 bridgehead atoms. The maximum atomic E-state index is 11.7. The molecule has 1 atom stereocenters. The second-order valence-corrected chi connectivity index (χ2v) is 4.38. The minimum Gasteiger partial charge on any atom is -0.340 e. The second-order valence-electron chi connectivity index (χ2n) is 4.38. The summed E-state index contributed by atoms with van der Waals surface area (Å²) in [4.78, 5) is 13.5. The first-order valence-electron chi connectivity index (χ1n) is 4.75. The molecule has 0 spiro atoms. The van der Waals surface area contributed by atoms with Crippen LogP contribution >= 0.6 is 0 Å². The molecule has 1 aliphatic rings. The van der Waals surface area contributed by atoms with E-state index in [1.807, 2.05) is 0 Å². The molecule has 0 aliphatic carbocycles. The molecule has 4 N–H and O–H groups in total. The highest BCUT2D eigenvalue weighted by atomic mass is 16.2. The van der Waals surface area contributed by atoms with Crippen molar-refractivity contribution in [1.29, 1.82) is 0 Å². The van der Waals surface area contributed by atoms with Crippen molar-refractivity contribution in [3.05, 3.63) is 0 Å². The summed E-state index contributed by atoms with van der Waals surface area (Å²) in [5, 5.41) is 0. The zero-order valence-corrected chi connectivity index (χ0v) is 8.42. The second kappa shape index (κ2) is 3.64. The minimum atomic E-state index is -0.767. The van der Waals surface area contributed by atoms with Gasteiger partial charge in [0, 0.05) is 19.1 Å². The van der Waals surface area contributed by atoms with Gasteiger partial charge in [0.2, 0.25) is 5.91 Å². The third kappa shape index (κ3) is 2.67. The molecular weight excluding hydrogens is 166 g/mol. The standard InChI is InChI=1S/C9H19N3O/c1-9(2,11)8(13)12-5-3-4-7(10)6-12/h7H,3-6,10-11H2,1-2H3. The Morgan fingerprint density at radius 3 is 2.62 bits per heavy atom. The normalized spacial score (nSPS) is 24.6. The van der Waals surface area contributed by atoms with E-state index >= 15 is 0 Å². The van der Waals surface area contributed by atoms with Crippen molar-refractivity contribution in [2.75, 3.05) is 13.1 Å². The minimum absolute atomic E-state index is 0.00245. The highest BCUT2D eigenvalue weighted by Crippen LogP contribution is 2.12. The lowest BCUT2D eigenvalue weighted by atomic mass is 10.0. The SMILES string of the molecule is CC(C)(N)C(=O)N1CCCC(N)C1. The van der Waals surface area contributed by atoms with Gasteiger partial charge >= 0.3 is 0 Å². The largest absolute Gasteiger partial charge is 0.340 e. The first-order valence-corrected chi connectivity index (χ1v) is 4.75. The lowest BCUT2D eigenvalue weighted by molar-refractivity contribution is -0.137. The molecule has 1 rings (SSSR count). The quantitative estimate of drug-likeness (QED) is 0.587. The summed E-state index contributed by atoms with van der Waals surface area (Å²) in [5.41, 5.74) is 10.7. The van der Waals surface area contributed by atoms with Crippen molar-refractivity contribution < 1.29 is 4.79 Å². The Kier molecular flexibility index (Phi) is 2.93. The zero-order chi connectivity index (χ0) is 10.1. The van der Waals surface area contributed by atoms with E-state index in [-0.39, 0.29) is 11.9 Å². The van der Waals surface area contributed by atoms with Crippen LogP contribution in [0.25, 0.3) is 0 Å². The van der Waals surface area contributed by atoms with E-state index in [2.05, 4.69) is 0 Å². The van der Waals surface area contributed by atoms with Gasteiger partial charge in [-0.25, -0.2) is 0 Å². The van der Waals surface area contributed by atoms with Crippen LogP contribution in [0.1, 0.15) is 26.7 Å². The summed E-state index contributed by atoms with van der Waals surface area (Å²) < 4.78 is 0. The molecule has 1 amide bonds. The Hall–Kier alpha value is -0.610. The molecule has 1 heterocycles. The summed E-state index contributed by atoms with van der Waals surface area (Å²) in [6.07, 6.45) is 2.00. The van der Waals surface area contributed by atoms with Gasteiger partial charge in [0.15, 0.2) is 0 Å². The van der Waals surface area contributed by atoms with Gasteiger partial charge in [-0.1, -0.05) is 0 Å². The number of piperidine rings is 1. The number of nitrogens with two attached hydrogens (primary N) is 2. The molecule has 1 fully saturated rings. The Balaban J connectivity index is 2.56. The molecule has 76 valence electrons. The summed E-state index contributed by atoms with van der Waals surface area (Å²) in [5.74, 6) is 0.00245. The predicted molar refractivity (Wildman–Crippen MR) is 52.1 cm³/mol. The maximum absolute atomic E-state index is 11.7. The first kappa shape index (κ1) is 10.5. The number of nitrogens with zero attached hydrogens (tertiary/aromatic N) is 1. The summed E-state index contributed by atoms with van der Waals surface area (Å²) in [6.45, 7) is 4.91. The van der Waals surface area contributed by atoms with E-state index in [9.17, 15) is 4.79 Å². The first-order chi connectivity index (χ1) is 5.91. The smallest absolute Gasteiger partial charge is 0.242 e. The van der Waals surface area contributed by atoms with Crippen LogP contribution in [-0.2, 0) is 4.79 Å². The average molecular weight is 185 g/mol. The molecule has 1 unspecified atom stereocenters. The van der Waals surface area contributed by atoms with Crippen molar-refractivity contribution in [3.63, 3.8) is 0 Å². The molecule has 1 aliphatic heterocycles. The topological polar surface area (TPSA) is 72.4 Å². The number of amides is 1. The van der Waals surface area contributed by atoms with Gasteiger partial charge in [0.1, 0.15) is 0 Å². The lowest BCUT2D eigenvalue weighted by Crippen LogP contribution is -2.55. The number of hydrogen-bond acceptors (Lipinski definition) is 3. The van der Waals surface area contributed by atoms with Crippen molar-refractivity contribution in [1.82, 2.24) is 4.90 Å². The van der Waals surface area contributed by atoms with Gasteiger partial charge < -0.3 is 16.4 Å². The number of likely N-dealkylation sites (tertiary alicyclic amines) is 1. The predicted octanol–water partition coefficient (Wildman–Crippen LogP) is -0.327. The van der Waals surface area contributed by atoms with Crippen LogP contribution in [0, 0.1) is 0 Å². The van der Waals surface area contributed by atoms with E-state index in [4.69, 9.17) is 11.5 Å². The van der Waals surface area contributed by atoms with Crippen LogP contribution in [-0.4, -0.2) is 35.5 Å². The highest BCUT2D eigenvalue weighted by Gasteiger charge is 2.30. The molecule has 0 aromatic rings. The lowest BCUT2D eigenvalue weighted by Gasteiger charge is -2.34. The third-order valence-electron chi connectivity index (χ3n) is 2.30. The fraction of sp³-hybridized carbons (Fsp3) is 0.889.